The van der Waals surface area contributed by atoms with E-state index in [2.05, 4.69) is 9.89 Å². The molecule has 0 atom stereocenters. The van der Waals surface area contributed by atoms with Crippen molar-refractivity contribution in [2.45, 2.75) is 42.5 Å². The van der Waals surface area contributed by atoms with Crippen LogP contribution >= 0.6 is 0 Å². The molecule has 0 radical (unpaired) electrons. The van der Waals surface area contributed by atoms with E-state index in [1.165, 1.54) is 16.4 Å². The van der Waals surface area contributed by atoms with Gasteiger partial charge in [-0.1, -0.05) is 17.3 Å². The fourth-order valence-corrected chi connectivity index (χ4v) is 5.26. The number of benzene rings is 2. The number of hydrogen-bond acceptors (Lipinski definition) is 7. The number of carboxylic acids is 1. The van der Waals surface area contributed by atoms with Crippen molar-refractivity contribution < 1.29 is 45.5 Å². The Morgan fingerprint density at radius 2 is 1.70 bits per heavy atom. The average Bonchev–Trinajstić information content (AvgIpc) is 3.25. The molecule has 0 amide bonds. The lowest BCUT2D eigenvalue weighted by atomic mass is 9.88. The Balaban J connectivity index is 0.000000319. The Kier molecular flexibility index (Phi) is 8.76. The molecule has 0 aromatic heterocycles. The molecular formula is C23H25F4N3O6S. The van der Waals surface area contributed by atoms with Crippen LogP contribution in [0.2, 0.25) is 0 Å². The number of alkyl halides is 3. The Morgan fingerprint density at radius 1 is 1.11 bits per heavy atom. The van der Waals surface area contributed by atoms with Crippen molar-refractivity contribution in [2.24, 2.45) is 10.9 Å². The van der Waals surface area contributed by atoms with Gasteiger partial charge in [0.25, 0.3) is 0 Å². The minimum atomic E-state index is -4.86. The summed E-state index contributed by atoms with van der Waals surface area (Å²) >= 11 is 0. The van der Waals surface area contributed by atoms with Crippen LogP contribution in [0, 0.1) is 5.82 Å². The molecule has 0 bridgehead atoms. The summed E-state index contributed by atoms with van der Waals surface area (Å²) in [6.07, 6.45) is -3.44. The summed E-state index contributed by atoms with van der Waals surface area (Å²) in [5.74, 6) is -1.89. The second kappa shape index (κ2) is 11.4. The highest BCUT2D eigenvalue weighted by atomic mass is 32.2. The Morgan fingerprint density at radius 3 is 2.19 bits per heavy atom. The number of carbonyl (C=O) groups is 1. The Hall–Kier alpha value is -3.23. The monoisotopic (exact) mass is 547 g/mol. The largest absolute Gasteiger partial charge is 0.573 e. The van der Waals surface area contributed by atoms with E-state index in [0.717, 1.165) is 36.2 Å². The van der Waals surface area contributed by atoms with Crippen LogP contribution in [-0.2, 0) is 26.1 Å². The average molecular weight is 548 g/mol. The van der Waals surface area contributed by atoms with Crippen molar-refractivity contribution >= 4 is 21.7 Å². The van der Waals surface area contributed by atoms with E-state index in [-0.39, 0.29) is 48.8 Å². The molecule has 202 valence electrons. The van der Waals surface area contributed by atoms with Crippen LogP contribution in [0.5, 0.6) is 5.75 Å². The third-order valence-electron chi connectivity index (χ3n) is 5.76. The first kappa shape index (κ1) is 28.3. The highest BCUT2D eigenvalue weighted by Gasteiger charge is 2.45. The third-order valence-corrected chi connectivity index (χ3v) is 7.67. The number of carboxylic acid groups (broad SMARTS) is 1. The molecule has 14 heteroatoms. The molecule has 9 nitrogen and oxygen atoms in total. The standard InChI is InChI=1S/C15H15F3N2O6S.C8H10FN/c16-15(17,18)25-10-1-3-11(4-2-10)27(23,24)20-7-5-14(6-8-20)9-12(13(21)22)19-26-14;9-8-3-1-7(2-4-8)5-6-10/h1-4H,5-9H2,(H,21,22);1-4H,5-6,10H2. The van der Waals surface area contributed by atoms with E-state index in [1.54, 1.807) is 12.1 Å². The molecule has 0 saturated carbocycles. The lowest BCUT2D eigenvalue weighted by molar-refractivity contribution is -0.274. The maximum absolute atomic E-state index is 12.7. The van der Waals surface area contributed by atoms with E-state index in [9.17, 15) is 30.8 Å². The summed E-state index contributed by atoms with van der Waals surface area (Å²) < 4.78 is 79.1. The minimum Gasteiger partial charge on any atom is -0.477 e. The highest BCUT2D eigenvalue weighted by Crippen LogP contribution is 2.36. The van der Waals surface area contributed by atoms with Gasteiger partial charge in [0.2, 0.25) is 10.0 Å². The first-order valence-corrected chi connectivity index (χ1v) is 12.6. The lowest BCUT2D eigenvalue weighted by Gasteiger charge is -2.36. The fourth-order valence-electron chi connectivity index (χ4n) is 3.82. The van der Waals surface area contributed by atoms with Gasteiger partial charge in [-0.2, -0.15) is 4.31 Å². The number of nitrogens with zero attached hydrogens (tertiary/aromatic N) is 2. The van der Waals surface area contributed by atoms with E-state index in [0.29, 0.717) is 6.54 Å². The smallest absolute Gasteiger partial charge is 0.477 e. The van der Waals surface area contributed by atoms with Gasteiger partial charge in [-0.15, -0.1) is 13.2 Å². The molecule has 2 aromatic carbocycles. The van der Waals surface area contributed by atoms with Gasteiger partial charge in [0.1, 0.15) is 17.2 Å². The molecule has 1 saturated heterocycles. The number of nitrogens with two attached hydrogens (primary N) is 1. The van der Waals surface area contributed by atoms with Crippen LogP contribution in [-0.4, -0.2) is 61.1 Å². The van der Waals surface area contributed by atoms with Crippen molar-refractivity contribution in [1.29, 1.82) is 0 Å². The second-order valence-electron chi connectivity index (χ2n) is 8.38. The van der Waals surface area contributed by atoms with Gasteiger partial charge < -0.3 is 20.4 Å². The van der Waals surface area contributed by atoms with E-state index < -0.39 is 33.7 Å². The summed E-state index contributed by atoms with van der Waals surface area (Å²) in [6.45, 7) is 0.767. The number of halogens is 4. The Bertz CT molecular complexity index is 1210. The molecule has 2 heterocycles. The van der Waals surface area contributed by atoms with Gasteiger partial charge in [0.05, 0.1) is 4.90 Å². The second-order valence-corrected chi connectivity index (χ2v) is 10.3. The van der Waals surface area contributed by atoms with Crippen LogP contribution in [0.1, 0.15) is 24.8 Å². The SMILES string of the molecule is NCCc1ccc(F)cc1.O=C(O)C1=NOC2(CCN(S(=O)(=O)c3ccc(OC(F)(F)F)cc3)CC2)C1. The van der Waals surface area contributed by atoms with Crippen LogP contribution in [0.3, 0.4) is 0 Å². The van der Waals surface area contributed by atoms with Crippen LogP contribution < -0.4 is 10.5 Å². The van der Waals surface area contributed by atoms with Gasteiger partial charge in [-0.05, 0) is 54.9 Å². The Labute approximate surface area is 210 Å². The van der Waals surface area contributed by atoms with Crippen molar-refractivity contribution in [2.75, 3.05) is 19.6 Å². The van der Waals surface area contributed by atoms with Crippen LogP contribution in [0.25, 0.3) is 0 Å². The molecule has 2 aliphatic rings. The molecule has 0 aliphatic carbocycles. The molecule has 1 fully saturated rings. The van der Waals surface area contributed by atoms with Crippen LogP contribution in [0.15, 0.2) is 58.6 Å². The molecule has 2 aromatic rings. The zero-order valence-corrected chi connectivity index (χ0v) is 20.3. The highest BCUT2D eigenvalue weighted by molar-refractivity contribution is 7.89. The van der Waals surface area contributed by atoms with Crippen molar-refractivity contribution in [3.05, 3.63) is 59.9 Å². The predicted octanol–water partition coefficient (Wildman–Crippen LogP) is 3.30. The first-order valence-electron chi connectivity index (χ1n) is 11.1. The van der Waals surface area contributed by atoms with E-state index >= 15 is 0 Å². The van der Waals surface area contributed by atoms with Gasteiger partial charge in [0.15, 0.2) is 5.71 Å². The van der Waals surface area contributed by atoms with Crippen LogP contribution in [0.4, 0.5) is 17.6 Å². The predicted molar refractivity (Wildman–Crippen MR) is 124 cm³/mol. The normalized spacial score (nSPS) is 17.4. The zero-order chi connectivity index (χ0) is 27.3. The third kappa shape index (κ3) is 7.63. The van der Waals surface area contributed by atoms with Crippen molar-refractivity contribution in [3.8, 4) is 5.75 Å². The number of aliphatic carboxylic acids is 1. The molecule has 4 rings (SSSR count). The number of piperidine rings is 1. The van der Waals surface area contributed by atoms with Gasteiger partial charge in [-0.25, -0.2) is 17.6 Å². The molecule has 2 aliphatic heterocycles. The number of hydrogen-bond donors (Lipinski definition) is 2. The number of oxime groups is 1. The lowest BCUT2D eigenvalue weighted by Crippen LogP contribution is -2.47. The summed E-state index contributed by atoms with van der Waals surface area (Å²) in [7, 11) is -3.91. The van der Waals surface area contributed by atoms with Gasteiger partial charge in [0, 0.05) is 32.4 Å². The van der Waals surface area contributed by atoms with Gasteiger partial charge in [-0.3, -0.25) is 0 Å². The number of sulfonamides is 1. The zero-order valence-electron chi connectivity index (χ0n) is 19.4. The maximum Gasteiger partial charge on any atom is 0.573 e. The van der Waals surface area contributed by atoms with Gasteiger partial charge >= 0.3 is 12.3 Å². The van der Waals surface area contributed by atoms with E-state index in [4.69, 9.17) is 15.7 Å². The number of ether oxygens (including phenoxy) is 1. The molecular weight excluding hydrogens is 522 g/mol. The summed E-state index contributed by atoms with van der Waals surface area (Å²) in [4.78, 5) is 16.0. The molecule has 37 heavy (non-hydrogen) atoms. The van der Waals surface area contributed by atoms with Crippen molar-refractivity contribution in [1.82, 2.24) is 4.31 Å². The topological polar surface area (TPSA) is 132 Å². The molecule has 1 spiro atoms. The quantitative estimate of drug-likeness (QED) is 0.531. The maximum atomic E-state index is 12.7. The molecule has 3 N–H and O–H groups in total. The fraction of sp³-hybridized carbons (Fsp3) is 0.391. The van der Waals surface area contributed by atoms with Crippen molar-refractivity contribution in [3.63, 3.8) is 0 Å². The summed E-state index contributed by atoms with van der Waals surface area (Å²) in [6, 6.07) is 10.3. The summed E-state index contributed by atoms with van der Waals surface area (Å²) in [5, 5.41) is 12.5. The first-order chi connectivity index (χ1) is 17.3. The molecule has 0 unspecified atom stereocenters. The van der Waals surface area contributed by atoms with E-state index in [1.807, 2.05) is 0 Å². The summed E-state index contributed by atoms with van der Waals surface area (Å²) in [5.41, 5.74) is 5.46. The minimum absolute atomic E-state index is 0.0750. The number of rotatable bonds is 6.